The molecule has 0 saturated carbocycles. The van der Waals surface area contributed by atoms with Crippen molar-refractivity contribution in [3.05, 3.63) is 101 Å². The Hall–Kier alpha value is -4.32. The summed E-state index contributed by atoms with van der Waals surface area (Å²) in [6.45, 7) is 3.84. The predicted octanol–water partition coefficient (Wildman–Crippen LogP) is 5.42. The van der Waals surface area contributed by atoms with E-state index in [1.807, 2.05) is 68.4 Å². The van der Waals surface area contributed by atoms with Crippen LogP contribution in [0.3, 0.4) is 0 Å². The number of ether oxygens (including phenoxy) is 1. The number of anilines is 1. The number of aliphatic hydroxyl groups is 1. The smallest absolute Gasteiger partial charge is 0.300 e. The van der Waals surface area contributed by atoms with Crippen LogP contribution in [-0.2, 0) is 9.59 Å². The number of aliphatic hydroxyl groups excluding tert-OH is 1. The number of Topliss-reactive ketones (excluding diaryl/α,β-unsaturated/α-hetero) is 1. The molecular formula is C28H24N2O4. The first-order chi connectivity index (χ1) is 16.4. The lowest BCUT2D eigenvalue weighted by Crippen LogP contribution is -2.30. The molecule has 0 bridgehead atoms. The van der Waals surface area contributed by atoms with E-state index in [0.717, 1.165) is 22.0 Å². The molecule has 4 aromatic rings. The third-order valence-corrected chi connectivity index (χ3v) is 6.34. The first-order valence-electron chi connectivity index (χ1n) is 11.0. The van der Waals surface area contributed by atoms with Gasteiger partial charge in [0.05, 0.1) is 18.7 Å². The predicted molar refractivity (Wildman–Crippen MR) is 132 cm³/mol. The SMILES string of the molecule is COc1ccc(C2/C(=C(/O)c3c[nH]c4ccccc34)C(=O)C(=O)N2c2cc(C)ccc2C)cc1. The Morgan fingerprint density at radius 2 is 1.74 bits per heavy atom. The fraction of sp³-hybridized carbons (Fsp3) is 0.143. The molecule has 6 nitrogen and oxygen atoms in total. The molecule has 0 aliphatic carbocycles. The highest BCUT2D eigenvalue weighted by Crippen LogP contribution is 2.44. The highest BCUT2D eigenvalue weighted by molar-refractivity contribution is 6.52. The third-order valence-electron chi connectivity index (χ3n) is 6.34. The van der Waals surface area contributed by atoms with Crippen molar-refractivity contribution >= 4 is 34.0 Å². The van der Waals surface area contributed by atoms with E-state index in [9.17, 15) is 14.7 Å². The summed E-state index contributed by atoms with van der Waals surface area (Å²) in [6.07, 6.45) is 1.66. The van der Waals surface area contributed by atoms with Gasteiger partial charge < -0.3 is 14.8 Å². The van der Waals surface area contributed by atoms with Gasteiger partial charge >= 0.3 is 0 Å². The van der Waals surface area contributed by atoms with Crippen LogP contribution in [-0.4, -0.2) is 28.9 Å². The molecule has 0 spiro atoms. The van der Waals surface area contributed by atoms with E-state index in [1.165, 1.54) is 4.90 Å². The van der Waals surface area contributed by atoms with E-state index in [0.29, 0.717) is 22.6 Å². The largest absolute Gasteiger partial charge is 0.507 e. The minimum atomic E-state index is -0.792. The summed E-state index contributed by atoms with van der Waals surface area (Å²) in [7, 11) is 1.58. The van der Waals surface area contributed by atoms with Gasteiger partial charge in [-0.1, -0.05) is 42.5 Å². The number of hydrogen-bond acceptors (Lipinski definition) is 4. The van der Waals surface area contributed by atoms with Crippen molar-refractivity contribution in [1.29, 1.82) is 0 Å². The zero-order valence-electron chi connectivity index (χ0n) is 19.1. The quantitative estimate of drug-likeness (QED) is 0.246. The summed E-state index contributed by atoms with van der Waals surface area (Å²) < 4.78 is 5.29. The number of H-pyrrole nitrogens is 1. The third kappa shape index (κ3) is 3.35. The summed E-state index contributed by atoms with van der Waals surface area (Å²) in [5, 5.41) is 12.2. The minimum Gasteiger partial charge on any atom is -0.507 e. The van der Waals surface area contributed by atoms with E-state index in [2.05, 4.69) is 4.98 Å². The Balaban J connectivity index is 1.77. The van der Waals surface area contributed by atoms with Crippen LogP contribution in [0.4, 0.5) is 5.69 Å². The molecule has 1 saturated heterocycles. The standard InChI is InChI=1S/C28H24N2O4/c1-16-8-9-17(2)23(14-16)30-25(18-10-12-19(34-3)13-11-18)24(27(32)28(30)33)26(31)21-15-29-22-7-5-4-6-20(21)22/h4-15,25,29,31H,1-3H3/b26-24-. The summed E-state index contributed by atoms with van der Waals surface area (Å²) >= 11 is 0. The molecule has 1 atom stereocenters. The van der Waals surface area contributed by atoms with Crippen LogP contribution < -0.4 is 9.64 Å². The van der Waals surface area contributed by atoms with Crippen LogP contribution in [0.15, 0.2) is 78.5 Å². The van der Waals surface area contributed by atoms with Crippen LogP contribution in [0.1, 0.15) is 28.3 Å². The molecule has 0 radical (unpaired) electrons. The Labute approximate surface area is 197 Å². The van der Waals surface area contributed by atoms with Gasteiger partial charge in [0, 0.05) is 28.4 Å². The number of nitrogens with one attached hydrogen (secondary N) is 1. The number of carbonyl (C=O) groups excluding carboxylic acids is 2. The van der Waals surface area contributed by atoms with Crippen molar-refractivity contribution in [2.45, 2.75) is 19.9 Å². The van der Waals surface area contributed by atoms with E-state index in [1.54, 1.807) is 25.4 Å². The zero-order valence-corrected chi connectivity index (χ0v) is 19.1. The van der Waals surface area contributed by atoms with E-state index < -0.39 is 17.7 Å². The molecule has 3 aromatic carbocycles. The van der Waals surface area contributed by atoms with Crippen molar-refractivity contribution in [2.75, 3.05) is 12.0 Å². The lowest BCUT2D eigenvalue weighted by atomic mass is 9.94. The van der Waals surface area contributed by atoms with Crippen molar-refractivity contribution < 1.29 is 19.4 Å². The number of hydrogen-bond donors (Lipinski definition) is 2. The number of methoxy groups -OCH3 is 1. The van der Waals surface area contributed by atoms with Crippen molar-refractivity contribution in [2.24, 2.45) is 0 Å². The van der Waals surface area contributed by atoms with E-state index in [4.69, 9.17) is 4.74 Å². The van der Waals surface area contributed by atoms with Crippen LogP contribution in [0.2, 0.25) is 0 Å². The maximum absolute atomic E-state index is 13.4. The molecule has 5 rings (SSSR count). The average molecular weight is 453 g/mol. The Kier molecular flexibility index (Phi) is 5.21. The molecule has 34 heavy (non-hydrogen) atoms. The number of aromatic nitrogens is 1. The molecule has 1 aliphatic heterocycles. The van der Waals surface area contributed by atoms with E-state index in [-0.39, 0.29) is 11.3 Å². The number of nitrogens with zero attached hydrogens (tertiary/aromatic N) is 1. The molecular weight excluding hydrogens is 428 g/mol. The Morgan fingerprint density at radius 1 is 1.00 bits per heavy atom. The minimum absolute atomic E-state index is 0.0563. The molecule has 1 aliphatic rings. The number of amides is 1. The monoisotopic (exact) mass is 452 g/mol. The van der Waals surface area contributed by atoms with Gasteiger partial charge in [-0.05, 0) is 54.8 Å². The molecule has 6 heteroatoms. The van der Waals surface area contributed by atoms with Gasteiger partial charge in [-0.15, -0.1) is 0 Å². The molecule has 2 heterocycles. The molecule has 2 N–H and O–H groups in total. The highest BCUT2D eigenvalue weighted by atomic mass is 16.5. The molecule has 1 aromatic heterocycles. The molecule has 1 unspecified atom stereocenters. The fourth-order valence-corrected chi connectivity index (χ4v) is 4.57. The second-order valence-corrected chi connectivity index (χ2v) is 8.48. The van der Waals surface area contributed by atoms with Crippen molar-refractivity contribution in [3.63, 3.8) is 0 Å². The second-order valence-electron chi connectivity index (χ2n) is 8.48. The van der Waals surface area contributed by atoms with Gasteiger partial charge in [0.25, 0.3) is 11.7 Å². The van der Waals surface area contributed by atoms with Crippen molar-refractivity contribution in [1.82, 2.24) is 4.98 Å². The van der Waals surface area contributed by atoms with Crippen LogP contribution in [0, 0.1) is 13.8 Å². The fourth-order valence-electron chi connectivity index (χ4n) is 4.57. The van der Waals surface area contributed by atoms with Crippen LogP contribution in [0.25, 0.3) is 16.7 Å². The number of fused-ring (bicyclic) bond motifs is 1. The lowest BCUT2D eigenvalue weighted by molar-refractivity contribution is -0.132. The molecule has 170 valence electrons. The summed E-state index contributed by atoms with van der Waals surface area (Å²) in [5.41, 5.74) is 4.52. The van der Waals surface area contributed by atoms with Gasteiger partial charge in [0.15, 0.2) is 0 Å². The summed E-state index contributed by atoms with van der Waals surface area (Å²) in [6, 6.07) is 19.7. The van der Waals surface area contributed by atoms with Crippen molar-refractivity contribution in [3.8, 4) is 5.75 Å². The second kappa shape index (κ2) is 8.23. The van der Waals surface area contributed by atoms with Gasteiger partial charge in [0.1, 0.15) is 11.5 Å². The van der Waals surface area contributed by atoms with Crippen LogP contribution >= 0.6 is 0 Å². The van der Waals surface area contributed by atoms with Crippen LogP contribution in [0.5, 0.6) is 5.75 Å². The topological polar surface area (TPSA) is 82.6 Å². The Morgan fingerprint density at radius 3 is 2.47 bits per heavy atom. The van der Waals surface area contributed by atoms with Gasteiger partial charge in [0.2, 0.25) is 0 Å². The van der Waals surface area contributed by atoms with Gasteiger partial charge in [-0.2, -0.15) is 0 Å². The number of rotatable bonds is 4. The number of aromatic amines is 1. The first-order valence-corrected chi connectivity index (χ1v) is 11.0. The summed E-state index contributed by atoms with van der Waals surface area (Å²) in [5.74, 6) is -0.936. The average Bonchev–Trinajstić information content (AvgIpc) is 3.39. The van der Waals surface area contributed by atoms with E-state index >= 15 is 0 Å². The normalized spacial score (nSPS) is 17.5. The first kappa shape index (κ1) is 21.5. The number of ketones is 1. The maximum Gasteiger partial charge on any atom is 0.300 e. The number of benzene rings is 3. The Bertz CT molecular complexity index is 1460. The van der Waals surface area contributed by atoms with Gasteiger partial charge in [-0.3, -0.25) is 14.5 Å². The van der Waals surface area contributed by atoms with Gasteiger partial charge in [-0.25, -0.2) is 0 Å². The highest BCUT2D eigenvalue weighted by Gasteiger charge is 2.47. The number of carbonyl (C=O) groups is 2. The molecule has 1 fully saturated rings. The summed E-state index contributed by atoms with van der Waals surface area (Å²) in [4.78, 5) is 31.5. The molecule has 1 amide bonds. The maximum atomic E-state index is 13.4. The number of aryl methyl sites for hydroxylation is 2. The lowest BCUT2D eigenvalue weighted by Gasteiger charge is -2.27. The zero-order chi connectivity index (χ0) is 24.0. The number of para-hydroxylation sites is 1.